The van der Waals surface area contributed by atoms with Gasteiger partial charge in [0.25, 0.3) is 0 Å². The molecule has 96 valence electrons. The molecule has 0 atom stereocenters. The van der Waals surface area contributed by atoms with Gasteiger partial charge in [-0.15, -0.1) is 0 Å². The van der Waals surface area contributed by atoms with Crippen molar-refractivity contribution < 1.29 is 0 Å². The van der Waals surface area contributed by atoms with Crippen LogP contribution in [0.5, 0.6) is 0 Å². The second kappa shape index (κ2) is 6.12. The van der Waals surface area contributed by atoms with Gasteiger partial charge in [0.15, 0.2) is 10.8 Å². The van der Waals surface area contributed by atoms with Crippen molar-refractivity contribution >= 4 is 51.3 Å². The molecule has 2 heterocycles. The molecule has 0 spiro atoms. The number of halogens is 2. The minimum Gasteiger partial charge on any atom is -0.369 e. The molecule has 0 aliphatic carbocycles. The highest BCUT2D eigenvalue weighted by molar-refractivity contribution is 14.1. The van der Waals surface area contributed by atoms with Gasteiger partial charge in [0, 0.05) is 6.54 Å². The van der Waals surface area contributed by atoms with Crippen LogP contribution < -0.4 is 5.32 Å². The highest BCUT2D eigenvalue weighted by Crippen LogP contribution is 2.29. The van der Waals surface area contributed by atoms with Crippen molar-refractivity contribution in [1.29, 1.82) is 0 Å². The molecule has 0 aromatic carbocycles. The molecule has 0 bridgehead atoms. The van der Waals surface area contributed by atoms with Crippen molar-refractivity contribution in [1.82, 2.24) is 15.0 Å². The van der Waals surface area contributed by atoms with Crippen LogP contribution >= 0.6 is 45.5 Å². The molecular weight excluding hydrogens is 383 g/mol. The first kappa shape index (κ1) is 14.0. The Bertz CT molecular complexity index is 558. The molecule has 0 fully saturated rings. The van der Waals surface area contributed by atoms with Gasteiger partial charge in [-0.1, -0.05) is 29.9 Å². The number of rotatable bonds is 4. The van der Waals surface area contributed by atoms with Gasteiger partial charge in [0.1, 0.15) is 10.2 Å². The van der Waals surface area contributed by atoms with Gasteiger partial charge in [-0.2, -0.15) is 0 Å². The van der Waals surface area contributed by atoms with E-state index < -0.39 is 0 Å². The maximum absolute atomic E-state index is 5.90. The highest BCUT2D eigenvalue weighted by atomic mass is 127. The lowest BCUT2D eigenvalue weighted by atomic mass is 10.3. The lowest BCUT2D eigenvalue weighted by Crippen LogP contribution is -2.07. The van der Waals surface area contributed by atoms with Crippen molar-refractivity contribution in [2.45, 2.75) is 20.3 Å². The number of nitrogens with zero attached hydrogens (tertiary/aromatic N) is 3. The molecule has 18 heavy (non-hydrogen) atoms. The van der Waals surface area contributed by atoms with E-state index in [1.54, 1.807) is 6.20 Å². The van der Waals surface area contributed by atoms with Gasteiger partial charge in [-0.25, -0.2) is 15.0 Å². The standard InChI is InChI=1S/C11H12ClIN4S/c1-3-6-8(13)9(14-4-2)17-10(16-6)11-15-5-7(12)18-11/h5H,3-4H2,1-2H3,(H,14,16,17). The molecule has 0 aliphatic heterocycles. The Hall–Kier alpha value is -0.470. The van der Waals surface area contributed by atoms with Crippen molar-refractivity contribution in [3.63, 3.8) is 0 Å². The van der Waals surface area contributed by atoms with Crippen LogP contribution in [0.25, 0.3) is 10.8 Å². The monoisotopic (exact) mass is 394 g/mol. The van der Waals surface area contributed by atoms with Crippen LogP contribution in [0.15, 0.2) is 6.20 Å². The van der Waals surface area contributed by atoms with Crippen LogP contribution in [0, 0.1) is 3.57 Å². The molecule has 0 saturated carbocycles. The summed E-state index contributed by atoms with van der Waals surface area (Å²) < 4.78 is 1.72. The fraction of sp³-hybridized carbons (Fsp3) is 0.364. The number of thiazole rings is 1. The predicted molar refractivity (Wildman–Crippen MR) is 84.4 cm³/mol. The summed E-state index contributed by atoms with van der Waals surface area (Å²) in [5, 5.41) is 4.01. The first-order valence-electron chi connectivity index (χ1n) is 5.57. The van der Waals surface area contributed by atoms with Crippen LogP contribution in [0.3, 0.4) is 0 Å². The van der Waals surface area contributed by atoms with Crippen molar-refractivity contribution in [3.8, 4) is 10.8 Å². The maximum Gasteiger partial charge on any atom is 0.191 e. The van der Waals surface area contributed by atoms with Crippen molar-refractivity contribution in [2.75, 3.05) is 11.9 Å². The van der Waals surface area contributed by atoms with E-state index in [0.29, 0.717) is 10.2 Å². The number of hydrogen-bond acceptors (Lipinski definition) is 5. The number of aryl methyl sites for hydroxylation is 1. The molecule has 7 heteroatoms. The molecule has 0 aliphatic rings. The molecular formula is C11H12ClIN4S. The molecule has 2 aromatic rings. The lowest BCUT2D eigenvalue weighted by molar-refractivity contribution is 0.980. The van der Waals surface area contributed by atoms with E-state index in [1.807, 2.05) is 6.92 Å². The van der Waals surface area contributed by atoms with E-state index in [9.17, 15) is 0 Å². The number of anilines is 1. The largest absolute Gasteiger partial charge is 0.369 e. The van der Waals surface area contributed by atoms with Crippen LogP contribution in [-0.4, -0.2) is 21.5 Å². The van der Waals surface area contributed by atoms with E-state index in [4.69, 9.17) is 11.6 Å². The zero-order chi connectivity index (χ0) is 13.1. The third-order valence-electron chi connectivity index (χ3n) is 2.27. The van der Waals surface area contributed by atoms with E-state index in [2.05, 4.69) is 49.8 Å². The number of aromatic nitrogens is 3. The minimum absolute atomic E-state index is 0.639. The van der Waals surface area contributed by atoms with Gasteiger partial charge in [0.2, 0.25) is 0 Å². The van der Waals surface area contributed by atoms with Crippen LogP contribution in [-0.2, 0) is 6.42 Å². The minimum atomic E-state index is 0.639. The number of nitrogens with one attached hydrogen (secondary N) is 1. The molecule has 1 N–H and O–H groups in total. The number of hydrogen-bond donors (Lipinski definition) is 1. The summed E-state index contributed by atoms with van der Waals surface area (Å²) in [4.78, 5) is 13.3. The molecule has 0 saturated heterocycles. The summed E-state index contributed by atoms with van der Waals surface area (Å²) in [6, 6.07) is 0. The van der Waals surface area contributed by atoms with Gasteiger partial charge < -0.3 is 5.32 Å². The topological polar surface area (TPSA) is 50.7 Å². The van der Waals surface area contributed by atoms with Crippen molar-refractivity contribution in [3.05, 3.63) is 19.8 Å². The summed E-state index contributed by atoms with van der Waals surface area (Å²) >= 11 is 9.57. The van der Waals surface area contributed by atoms with Crippen LogP contribution in [0.2, 0.25) is 4.34 Å². The average molecular weight is 395 g/mol. The zero-order valence-corrected chi connectivity index (χ0v) is 13.7. The predicted octanol–water partition coefficient (Wildman–Crippen LogP) is 3.85. The SMILES string of the molecule is CCNc1nc(-c2ncc(Cl)s2)nc(CC)c1I. The maximum atomic E-state index is 5.90. The summed E-state index contributed by atoms with van der Waals surface area (Å²) in [5.74, 6) is 1.51. The van der Waals surface area contributed by atoms with E-state index >= 15 is 0 Å². The quantitative estimate of drug-likeness (QED) is 0.800. The molecule has 2 aromatic heterocycles. The summed E-state index contributed by atoms with van der Waals surface area (Å²) in [6.07, 6.45) is 2.49. The summed E-state index contributed by atoms with van der Waals surface area (Å²) in [5.41, 5.74) is 1.03. The Morgan fingerprint density at radius 3 is 2.72 bits per heavy atom. The van der Waals surface area contributed by atoms with Crippen LogP contribution in [0.4, 0.5) is 5.82 Å². The van der Waals surface area contributed by atoms with Gasteiger partial charge >= 0.3 is 0 Å². The van der Waals surface area contributed by atoms with Crippen LogP contribution in [0.1, 0.15) is 19.5 Å². The second-order valence-electron chi connectivity index (χ2n) is 3.51. The second-order valence-corrected chi connectivity index (χ2v) is 6.25. The lowest BCUT2D eigenvalue weighted by Gasteiger charge is -2.10. The normalized spacial score (nSPS) is 10.7. The Morgan fingerprint density at radius 2 is 2.17 bits per heavy atom. The third-order valence-corrected chi connectivity index (χ3v) is 4.51. The summed E-state index contributed by atoms with van der Waals surface area (Å²) in [6.45, 7) is 4.96. The highest BCUT2D eigenvalue weighted by Gasteiger charge is 2.14. The molecule has 2 rings (SSSR count). The third kappa shape index (κ3) is 2.92. The van der Waals surface area contributed by atoms with E-state index in [0.717, 1.165) is 33.1 Å². The van der Waals surface area contributed by atoms with E-state index in [1.165, 1.54) is 11.3 Å². The molecule has 0 amide bonds. The zero-order valence-electron chi connectivity index (χ0n) is 10.00. The Morgan fingerprint density at radius 1 is 1.39 bits per heavy atom. The smallest absolute Gasteiger partial charge is 0.191 e. The molecule has 0 radical (unpaired) electrons. The van der Waals surface area contributed by atoms with Gasteiger partial charge in [-0.05, 0) is 35.9 Å². The van der Waals surface area contributed by atoms with E-state index in [-0.39, 0.29) is 0 Å². The molecule has 4 nitrogen and oxygen atoms in total. The Labute approximate surface area is 128 Å². The fourth-order valence-electron chi connectivity index (χ4n) is 1.47. The average Bonchev–Trinajstić information content (AvgIpc) is 2.79. The Balaban J connectivity index is 2.51. The first-order chi connectivity index (χ1) is 8.65. The Kier molecular flexibility index (Phi) is 4.74. The first-order valence-corrected chi connectivity index (χ1v) is 7.85. The van der Waals surface area contributed by atoms with Gasteiger partial charge in [-0.3, -0.25) is 0 Å². The fourth-order valence-corrected chi connectivity index (χ4v) is 3.13. The van der Waals surface area contributed by atoms with Crippen molar-refractivity contribution in [2.24, 2.45) is 0 Å². The van der Waals surface area contributed by atoms with Gasteiger partial charge in [0.05, 0.1) is 15.5 Å². The summed E-state index contributed by atoms with van der Waals surface area (Å²) in [7, 11) is 0. The molecule has 0 unspecified atom stereocenters.